The molecule has 152 valence electrons. The van der Waals surface area contributed by atoms with Gasteiger partial charge in [0, 0.05) is 17.1 Å². The van der Waals surface area contributed by atoms with Crippen molar-refractivity contribution in [3.63, 3.8) is 0 Å². The maximum atomic E-state index is 13.4. The highest BCUT2D eigenvalue weighted by atomic mass is 32.2. The molecule has 3 heterocycles. The van der Waals surface area contributed by atoms with Crippen LogP contribution in [0, 0.1) is 6.92 Å². The van der Waals surface area contributed by atoms with Crippen molar-refractivity contribution in [2.75, 3.05) is 0 Å². The molecule has 0 atom stereocenters. The lowest BCUT2D eigenvalue weighted by molar-refractivity contribution is -0.123. The van der Waals surface area contributed by atoms with Gasteiger partial charge in [0.05, 0.1) is 10.5 Å². The van der Waals surface area contributed by atoms with Gasteiger partial charge in [-0.15, -0.1) is 0 Å². The molecular weight excluding hydrogens is 434 g/mol. The summed E-state index contributed by atoms with van der Waals surface area (Å²) in [5, 5.41) is 0.565. The summed E-state index contributed by atoms with van der Waals surface area (Å²) in [5.41, 5.74) is 1.68. The van der Waals surface area contributed by atoms with Crippen molar-refractivity contribution in [2.45, 2.75) is 36.7 Å². The van der Waals surface area contributed by atoms with Crippen molar-refractivity contribution in [1.82, 2.24) is 14.3 Å². The summed E-state index contributed by atoms with van der Waals surface area (Å²) in [6.45, 7) is 5.76. The van der Waals surface area contributed by atoms with E-state index in [2.05, 4.69) is 0 Å². The quantitative estimate of drug-likeness (QED) is 0.322. The first-order chi connectivity index (χ1) is 14.4. The Balaban J connectivity index is 1.91. The van der Waals surface area contributed by atoms with Gasteiger partial charge >= 0.3 is 0 Å². The number of rotatable bonds is 4. The Hall–Kier alpha value is -2.42. The number of benzene rings is 1. The molecule has 1 aliphatic rings. The number of carbonyl (C=O) groups is 1. The van der Waals surface area contributed by atoms with Gasteiger partial charge in [-0.1, -0.05) is 60.0 Å². The number of thiocarbonyl (C=S) groups is 1. The van der Waals surface area contributed by atoms with Gasteiger partial charge in [0.2, 0.25) is 0 Å². The number of hydrogen-bond acceptors (Lipinski definition) is 6. The Morgan fingerprint density at radius 2 is 1.87 bits per heavy atom. The second-order valence-corrected chi connectivity index (χ2v) is 9.82. The van der Waals surface area contributed by atoms with E-state index in [0.717, 1.165) is 10.5 Å². The van der Waals surface area contributed by atoms with Crippen LogP contribution in [0.25, 0.3) is 11.7 Å². The number of carbonyl (C=O) groups excluding carboxylic acids is 1. The highest BCUT2D eigenvalue weighted by Gasteiger charge is 2.34. The zero-order valence-electron chi connectivity index (χ0n) is 16.7. The summed E-state index contributed by atoms with van der Waals surface area (Å²) >= 11 is 8.00. The van der Waals surface area contributed by atoms with Crippen LogP contribution in [0.1, 0.15) is 25.0 Å². The molecule has 1 aromatic carbocycles. The zero-order valence-corrected chi connectivity index (χ0v) is 19.1. The van der Waals surface area contributed by atoms with Gasteiger partial charge in [0.1, 0.15) is 15.0 Å². The van der Waals surface area contributed by atoms with E-state index >= 15 is 0 Å². The van der Waals surface area contributed by atoms with Crippen LogP contribution in [-0.2, 0) is 4.79 Å². The van der Waals surface area contributed by atoms with Crippen LogP contribution in [0.15, 0.2) is 68.3 Å². The number of aromatic nitrogens is 2. The topological polar surface area (TPSA) is 54.7 Å². The minimum atomic E-state index is -0.211. The molecule has 0 unspecified atom stereocenters. The third-order valence-corrected chi connectivity index (χ3v) is 6.97. The smallest absolute Gasteiger partial charge is 0.266 e. The Kier molecular flexibility index (Phi) is 5.81. The first-order valence-corrected chi connectivity index (χ1v) is 11.4. The number of amides is 1. The Morgan fingerprint density at radius 1 is 1.13 bits per heavy atom. The predicted molar refractivity (Wildman–Crippen MR) is 127 cm³/mol. The van der Waals surface area contributed by atoms with E-state index in [0.29, 0.717) is 25.5 Å². The van der Waals surface area contributed by atoms with Crippen LogP contribution in [0.3, 0.4) is 0 Å². The van der Waals surface area contributed by atoms with Crippen LogP contribution in [0.2, 0.25) is 0 Å². The molecule has 0 spiro atoms. The van der Waals surface area contributed by atoms with E-state index in [1.165, 1.54) is 27.9 Å². The second kappa shape index (κ2) is 8.37. The summed E-state index contributed by atoms with van der Waals surface area (Å²) in [6, 6.07) is 13.4. The molecule has 5 nitrogen and oxygen atoms in total. The molecule has 3 aromatic rings. The third kappa shape index (κ3) is 3.82. The number of hydrogen-bond donors (Lipinski definition) is 0. The van der Waals surface area contributed by atoms with Crippen LogP contribution in [-0.4, -0.2) is 30.6 Å². The molecule has 1 saturated heterocycles. The van der Waals surface area contributed by atoms with Gasteiger partial charge in [-0.3, -0.25) is 18.9 Å². The first kappa shape index (κ1) is 20.8. The number of fused-ring (bicyclic) bond motifs is 1. The van der Waals surface area contributed by atoms with Crippen molar-refractivity contribution in [3.05, 3.63) is 75.0 Å². The van der Waals surface area contributed by atoms with E-state index in [4.69, 9.17) is 17.2 Å². The predicted octanol–water partition coefficient (Wildman–Crippen LogP) is 4.76. The van der Waals surface area contributed by atoms with Crippen molar-refractivity contribution < 1.29 is 4.79 Å². The molecule has 1 aliphatic heterocycles. The van der Waals surface area contributed by atoms with Gasteiger partial charge in [0.15, 0.2) is 0 Å². The number of thioether (sulfide) groups is 1. The molecule has 0 saturated carbocycles. The van der Waals surface area contributed by atoms with E-state index in [9.17, 15) is 9.59 Å². The Labute approximate surface area is 188 Å². The van der Waals surface area contributed by atoms with E-state index in [-0.39, 0.29) is 17.5 Å². The van der Waals surface area contributed by atoms with Gasteiger partial charge in [-0.05, 0) is 50.6 Å². The first-order valence-electron chi connectivity index (χ1n) is 9.38. The lowest BCUT2D eigenvalue weighted by Crippen LogP contribution is -2.34. The molecule has 0 bridgehead atoms. The largest absolute Gasteiger partial charge is 0.290 e. The lowest BCUT2D eigenvalue weighted by atomic mass is 10.2. The highest BCUT2D eigenvalue weighted by molar-refractivity contribution is 8.26. The summed E-state index contributed by atoms with van der Waals surface area (Å²) < 4.78 is 2.03. The van der Waals surface area contributed by atoms with Crippen molar-refractivity contribution in [2.24, 2.45) is 0 Å². The third-order valence-electron chi connectivity index (χ3n) is 4.62. The van der Waals surface area contributed by atoms with Crippen LogP contribution < -0.4 is 5.56 Å². The van der Waals surface area contributed by atoms with Crippen molar-refractivity contribution in [1.29, 1.82) is 0 Å². The Bertz CT molecular complexity index is 1250. The Morgan fingerprint density at radius 3 is 2.53 bits per heavy atom. The number of aryl methyl sites for hydroxylation is 1. The van der Waals surface area contributed by atoms with E-state index < -0.39 is 0 Å². The summed E-state index contributed by atoms with van der Waals surface area (Å²) in [4.78, 5) is 34.0. The van der Waals surface area contributed by atoms with Crippen LogP contribution in [0.4, 0.5) is 0 Å². The number of nitrogens with zero attached hydrogens (tertiary/aromatic N) is 3. The summed E-state index contributed by atoms with van der Waals surface area (Å²) in [7, 11) is 0. The van der Waals surface area contributed by atoms with Crippen molar-refractivity contribution >= 4 is 57.7 Å². The summed E-state index contributed by atoms with van der Waals surface area (Å²) in [6.07, 6.45) is 3.34. The van der Waals surface area contributed by atoms with E-state index in [1.807, 2.05) is 63.2 Å². The molecule has 0 aliphatic carbocycles. The maximum absolute atomic E-state index is 13.4. The highest BCUT2D eigenvalue weighted by Crippen LogP contribution is 2.36. The maximum Gasteiger partial charge on any atom is 0.266 e. The molecule has 1 fully saturated rings. The minimum absolute atomic E-state index is 0.0416. The van der Waals surface area contributed by atoms with Crippen LogP contribution >= 0.6 is 35.7 Å². The molecule has 2 aromatic heterocycles. The molecule has 0 radical (unpaired) electrons. The zero-order chi connectivity index (χ0) is 21.4. The molecule has 8 heteroatoms. The fourth-order valence-corrected chi connectivity index (χ4v) is 5.56. The lowest BCUT2D eigenvalue weighted by Gasteiger charge is -2.18. The fraction of sp³-hybridized carbons (Fsp3) is 0.182. The minimum Gasteiger partial charge on any atom is -0.290 e. The summed E-state index contributed by atoms with van der Waals surface area (Å²) in [5.74, 6) is -0.176. The number of pyridine rings is 1. The average molecular weight is 454 g/mol. The normalized spacial score (nSPS) is 15.7. The average Bonchev–Trinajstić information content (AvgIpc) is 2.99. The molecule has 0 N–H and O–H groups in total. The van der Waals surface area contributed by atoms with E-state index in [1.54, 1.807) is 17.2 Å². The van der Waals surface area contributed by atoms with Crippen molar-refractivity contribution in [3.8, 4) is 0 Å². The monoisotopic (exact) mass is 453 g/mol. The molecule has 1 amide bonds. The van der Waals surface area contributed by atoms with Gasteiger partial charge in [0.25, 0.3) is 11.5 Å². The molecule has 4 rings (SSSR count). The molecule has 30 heavy (non-hydrogen) atoms. The molecular formula is C22H19N3O2S3. The van der Waals surface area contributed by atoms with Gasteiger partial charge < -0.3 is 0 Å². The fourth-order valence-electron chi connectivity index (χ4n) is 3.15. The SMILES string of the molecule is Cc1cccn2c(=O)c(C=C3SC(=S)N(C(C)C)C3=O)c(Sc3ccccc3)nc12. The van der Waals surface area contributed by atoms with Crippen LogP contribution in [0.5, 0.6) is 0 Å². The van der Waals surface area contributed by atoms with Gasteiger partial charge in [-0.2, -0.15) is 0 Å². The standard InChI is InChI=1S/C22H19N3O2S3/c1-13(2)25-21(27)17(30-22(25)28)12-16-19(29-15-9-5-4-6-10-15)23-18-14(3)8-7-11-24(18)20(16)26/h4-13H,1-3H3. The second-order valence-electron chi connectivity index (χ2n) is 7.08. The van der Waals surface area contributed by atoms with Gasteiger partial charge in [-0.25, -0.2) is 4.98 Å².